The van der Waals surface area contributed by atoms with Gasteiger partial charge in [-0.25, -0.2) is 0 Å². The van der Waals surface area contributed by atoms with Crippen molar-refractivity contribution in [3.05, 3.63) is 64.7 Å². The highest BCUT2D eigenvalue weighted by molar-refractivity contribution is 6.30. The van der Waals surface area contributed by atoms with Crippen molar-refractivity contribution in [2.75, 3.05) is 5.32 Å². The van der Waals surface area contributed by atoms with Crippen molar-refractivity contribution in [2.45, 2.75) is 20.0 Å². The van der Waals surface area contributed by atoms with Gasteiger partial charge in [-0.1, -0.05) is 29.8 Å². The Balaban J connectivity index is 2.24. The molecule has 122 valence electrons. The molecule has 2 aromatic carbocycles. The third kappa shape index (κ3) is 4.87. The van der Waals surface area contributed by atoms with E-state index in [9.17, 15) is 10.1 Å². The van der Waals surface area contributed by atoms with Crippen molar-refractivity contribution >= 4 is 29.3 Å². The van der Waals surface area contributed by atoms with Crippen molar-refractivity contribution in [3.63, 3.8) is 0 Å². The van der Waals surface area contributed by atoms with Crippen LogP contribution in [0.2, 0.25) is 5.02 Å². The highest BCUT2D eigenvalue weighted by Gasteiger charge is 2.11. The van der Waals surface area contributed by atoms with Crippen molar-refractivity contribution in [1.29, 1.82) is 5.26 Å². The molecule has 24 heavy (non-hydrogen) atoms. The number of rotatable bonds is 5. The molecule has 0 atom stereocenters. The standard InChI is InChI=1S/C19H17ClN2O2/c1-13(2)24-18-6-4-3-5-14(18)11-15(12-21)19(23)22-17-9-7-16(20)8-10-17/h3-11,13H,1-2H3,(H,22,23)/b15-11+. The number of amides is 1. The molecule has 0 radical (unpaired) electrons. The van der Waals surface area contributed by atoms with E-state index in [-0.39, 0.29) is 11.7 Å². The van der Waals surface area contributed by atoms with E-state index in [0.717, 1.165) is 0 Å². The van der Waals surface area contributed by atoms with Gasteiger partial charge in [0.1, 0.15) is 17.4 Å². The number of hydrogen-bond donors (Lipinski definition) is 1. The molecule has 2 aromatic rings. The van der Waals surface area contributed by atoms with Gasteiger partial charge in [-0.15, -0.1) is 0 Å². The van der Waals surface area contributed by atoms with Gasteiger partial charge < -0.3 is 10.1 Å². The Morgan fingerprint density at radius 1 is 1.21 bits per heavy atom. The van der Waals surface area contributed by atoms with E-state index in [2.05, 4.69) is 5.32 Å². The van der Waals surface area contributed by atoms with Gasteiger partial charge in [0.05, 0.1) is 6.10 Å². The second-order valence-electron chi connectivity index (χ2n) is 5.34. The minimum absolute atomic E-state index is 0.00650. The fourth-order valence-corrected chi connectivity index (χ4v) is 2.12. The molecule has 0 aliphatic heterocycles. The summed E-state index contributed by atoms with van der Waals surface area (Å²) in [6.07, 6.45) is 1.51. The number of benzene rings is 2. The maximum absolute atomic E-state index is 12.3. The van der Waals surface area contributed by atoms with Crippen LogP contribution in [0.3, 0.4) is 0 Å². The summed E-state index contributed by atoms with van der Waals surface area (Å²) in [7, 11) is 0. The maximum Gasteiger partial charge on any atom is 0.266 e. The zero-order valence-corrected chi connectivity index (χ0v) is 14.2. The lowest BCUT2D eigenvalue weighted by Gasteiger charge is -2.12. The molecular formula is C19H17ClN2O2. The molecule has 0 aliphatic carbocycles. The number of anilines is 1. The lowest BCUT2D eigenvalue weighted by atomic mass is 10.1. The van der Waals surface area contributed by atoms with Crippen molar-refractivity contribution in [1.82, 2.24) is 0 Å². The van der Waals surface area contributed by atoms with Crippen LogP contribution in [-0.4, -0.2) is 12.0 Å². The first-order valence-corrected chi connectivity index (χ1v) is 7.82. The molecule has 0 spiro atoms. The number of nitrogens with one attached hydrogen (secondary N) is 1. The van der Waals surface area contributed by atoms with E-state index in [1.54, 1.807) is 36.4 Å². The van der Waals surface area contributed by atoms with Crippen molar-refractivity contribution < 1.29 is 9.53 Å². The van der Waals surface area contributed by atoms with Gasteiger partial charge >= 0.3 is 0 Å². The number of hydrogen-bond acceptors (Lipinski definition) is 3. The van der Waals surface area contributed by atoms with Crippen LogP contribution in [0.15, 0.2) is 54.1 Å². The third-order valence-corrected chi connectivity index (χ3v) is 3.30. The lowest BCUT2D eigenvalue weighted by Crippen LogP contribution is -2.13. The number of halogens is 1. The predicted octanol–water partition coefficient (Wildman–Crippen LogP) is 4.67. The Kier molecular flexibility index (Phi) is 6.00. The summed E-state index contributed by atoms with van der Waals surface area (Å²) in [5.74, 6) is 0.138. The molecule has 1 amide bonds. The molecular weight excluding hydrogens is 324 g/mol. The highest BCUT2D eigenvalue weighted by atomic mass is 35.5. The number of nitrogens with zero attached hydrogens (tertiary/aromatic N) is 1. The third-order valence-electron chi connectivity index (χ3n) is 3.05. The topological polar surface area (TPSA) is 62.1 Å². The molecule has 0 bridgehead atoms. The zero-order chi connectivity index (χ0) is 17.5. The van der Waals surface area contributed by atoms with E-state index >= 15 is 0 Å². The van der Waals surface area contributed by atoms with E-state index in [4.69, 9.17) is 16.3 Å². The fraction of sp³-hybridized carbons (Fsp3) is 0.158. The first-order valence-electron chi connectivity index (χ1n) is 7.44. The molecule has 0 saturated carbocycles. The zero-order valence-electron chi connectivity index (χ0n) is 13.4. The van der Waals surface area contributed by atoms with Gasteiger partial charge in [0.25, 0.3) is 5.91 Å². The summed E-state index contributed by atoms with van der Waals surface area (Å²) in [6, 6.07) is 15.9. The van der Waals surface area contributed by atoms with Gasteiger partial charge in [0.15, 0.2) is 0 Å². The second-order valence-corrected chi connectivity index (χ2v) is 5.77. The van der Waals surface area contributed by atoms with Crippen LogP contribution in [0.4, 0.5) is 5.69 Å². The van der Waals surface area contributed by atoms with E-state index in [1.165, 1.54) is 6.08 Å². The maximum atomic E-state index is 12.3. The normalized spacial score (nSPS) is 11.0. The molecule has 2 rings (SSSR count). The number of para-hydroxylation sites is 1. The van der Waals surface area contributed by atoms with Crippen molar-refractivity contribution in [3.8, 4) is 11.8 Å². The first kappa shape index (κ1) is 17.6. The predicted molar refractivity (Wildman–Crippen MR) is 95.9 cm³/mol. The van der Waals surface area contributed by atoms with E-state index < -0.39 is 5.91 Å². The number of nitriles is 1. The monoisotopic (exact) mass is 340 g/mol. The van der Waals surface area contributed by atoms with Crippen LogP contribution in [0.5, 0.6) is 5.75 Å². The number of carbonyl (C=O) groups excluding carboxylic acids is 1. The molecule has 0 fully saturated rings. The lowest BCUT2D eigenvalue weighted by molar-refractivity contribution is -0.112. The summed E-state index contributed by atoms with van der Waals surface area (Å²) in [4.78, 5) is 12.3. The second kappa shape index (κ2) is 8.19. The van der Waals surface area contributed by atoms with Crippen LogP contribution in [0.1, 0.15) is 19.4 Å². The Morgan fingerprint density at radius 3 is 2.50 bits per heavy atom. The Morgan fingerprint density at radius 2 is 1.88 bits per heavy atom. The van der Waals surface area contributed by atoms with Crippen LogP contribution in [0, 0.1) is 11.3 Å². The van der Waals surface area contributed by atoms with Gasteiger partial charge in [0.2, 0.25) is 0 Å². The van der Waals surface area contributed by atoms with Gasteiger partial charge in [0, 0.05) is 16.3 Å². The molecule has 5 heteroatoms. The van der Waals surface area contributed by atoms with Crippen LogP contribution >= 0.6 is 11.6 Å². The quantitative estimate of drug-likeness (QED) is 0.635. The molecule has 0 saturated heterocycles. The molecule has 4 nitrogen and oxygen atoms in total. The smallest absolute Gasteiger partial charge is 0.266 e. The van der Waals surface area contributed by atoms with Gasteiger partial charge in [-0.2, -0.15) is 5.26 Å². The summed E-state index contributed by atoms with van der Waals surface area (Å²) in [5.41, 5.74) is 1.23. The van der Waals surface area contributed by atoms with Crippen LogP contribution in [-0.2, 0) is 4.79 Å². The number of carbonyl (C=O) groups is 1. The van der Waals surface area contributed by atoms with Crippen LogP contribution < -0.4 is 10.1 Å². The Bertz CT molecular complexity index is 790. The van der Waals surface area contributed by atoms with Gasteiger partial charge in [-0.05, 0) is 50.3 Å². The summed E-state index contributed by atoms with van der Waals surface area (Å²) < 4.78 is 5.70. The Hall–Kier alpha value is -2.77. The summed E-state index contributed by atoms with van der Waals surface area (Å²) in [5, 5.41) is 12.6. The molecule has 0 unspecified atom stereocenters. The molecule has 0 aliphatic rings. The minimum atomic E-state index is -0.487. The highest BCUT2D eigenvalue weighted by Crippen LogP contribution is 2.22. The molecule has 0 heterocycles. The fourth-order valence-electron chi connectivity index (χ4n) is 2.00. The van der Waals surface area contributed by atoms with Crippen molar-refractivity contribution in [2.24, 2.45) is 0 Å². The van der Waals surface area contributed by atoms with E-state index in [1.807, 2.05) is 32.0 Å². The summed E-state index contributed by atoms with van der Waals surface area (Å²) in [6.45, 7) is 3.83. The number of ether oxygens (including phenoxy) is 1. The first-order chi connectivity index (χ1) is 11.5. The van der Waals surface area contributed by atoms with Crippen LogP contribution in [0.25, 0.3) is 6.08 Å². The molecule has 0 aromatic heterocycles. The average molecular weight is 341 g/mol. The SMILES string of the molecule is CC(C)Oc1ccccc1/C=C(\C#N)C(=O)Nc1ccc(Cl)cc1. The summed E-state index contributed by atoms with van der Waals surface area (Å²) >= 11 is 5.81. The average Bonchev–Trinajstić information content (AvgIpc) is 2.55. The van der Waals surface area contributed by atoms with E-state index in [0.29, 0.717) is 22.0 Å². The molecule has 1 N–H and O–H groups in total. The minimum Gasteiger partial charge on any atom is -0.490 e. The Labute approximate surface area is 146 Å². The largest absolute Gasteiger partial charge is 0.490 e. The van der Waals surface area contributed by atoms with Gasteiger partial charge in [-0.3, -0.25) is 4.79 Å².